The van der Waals surface area contributed by atoms with Gasteiger partial charge in [0.1, 0.15) is 6.61 Å². The van der Waals surface area contributed by atoms with E-state index in [1.54, 1.807) is 4.90 Å². The molecule has 18 heavy (non-hydrogen) atoms. The highest BCUT2D eigenvalue weighted by Gasteiger charge is 2.29. The third-order valence-electron chi connectivity index (χ3n) is 2.94. The van der Waals surface area contributed by atoms with Gasteiger partial charge < -0.3 is 14.4 Å². The molecular weight excluding hydrogens is 234 g/mol. The zero-order valence-electron chi connectivity index (χ0n) is 11.7. The summed E-state index contributed by atoms with van der Waals surface area (Å²) in [4.78, 5) is 25.1. The van der Waals surface area contributed by atoms with Crippen molar-refractivity contribution in [2.75, 3.05) is 26.8 Å². The first-order chi connectivity index (χ1) is 8.33. The van der Waals surface area contributed by atoms with Gasteiger partial charge in [-0.15, -0.1) is 0 Å². The van der Waals surface area contributed by atoms with Crippen LogP contribution in [0.3, 0.4) is 0 Å². The summed E-state index contributed by atoms with van der Waals surface area (Å²) in [6.45, 7) is 6.94. The van der Waals surface area contributed by atoms with E-state index in [-0.39, 0.29) is 30.0 Å². The first kappa shape index (κ1) is 15.0. The Kier molecular flexibility index (Phi) is 5.14. The second kappa shape index (κ2) is 6.18. The molecule has 1 fully saturated rings. The van der Waals surface area contributed by atoms with Crippen molar-refractivity contribution in [1.29, 1.82) is 0 Å². The van der Waals surface area contributed by atoms with Gasteiger partial charge in [-0.05, 0) is 33.6 Å². The minimum absolute atomic E-state index is 0.0569. The molecule has 0 bridgehead atoms. The van der Waals surface area contributed by atoms with Gasteiger partial charge in [0, 0.05) is 13.1 Å². The van der Waals surface area contributed by atoms with Crippen LogP contribution in [0.2, 0.25) is 0 Å². The van der Waals surface area contributed by atoms with Crippen molar-refractivity contribution >= 4 is 11.9 Å². The molecule has 0 aromatic carbocycles. The maximum atomic E-state index is 12.0. The Morgan fingerprint density at radius 2 is 2.00 bits per heavy atom. The lowest BCUT2D eigenvalue weighted by Crippen LogP contribution is -2.44. The van der Waals surface area contributed by atoms with Crippen LogP contribution >= 0.6 is 0 Å². The smallest absolute Gasteiger partial charge is 0.310 e. The molecule has 0 N–H and O–H groups in total. The lowest BCUT2D eigenvalue weighted by Gasteiger charge is -2.32. The number of rotatable bonds is 3. The molecule has 1 amide bonds. The number of carbonyl (C=O) groups excluding carboxylic acids is 2. The summed E-state index contributed by atoms with van der Waals surface area (Å²) in [6, 6.07) is 0. The zero-order valence-corrected chi connectivity index (χ0v) is 11.7. The maximum absolute atomic E-state index is 12.0. The Labute approximate surface area is 108 Å². The molecule has 0 spiro atoms. The predicted octanol–water partition coefficient (Wildman–Crippen LogP) is 1.21. The molecule has 1 heterocycles. The Balaban J connectivity index is 2.46. The highest BCUT2D eigenvalue weighted by atomic mass is 16.5. The van der Waals surface area contributed by atoms with Crippen LogP contribution in [0.1, 0.15) is 33.6 Å². The minimum Gasteiger partial charge on any atom is -0.469 e. The van der Waals surface area contributed by atoms with Crippen LogP contribution in [0, 0.1) is 5.92 Å². The van der Waals surface area contributed by atoms with E-state index in [2.05, 4.69) is 0 Å². The van der Waals surface area contributed by atoms with Gasteiger partial charge in [0.2, 0.25) is 5.91 Å². The summed E-state index contributed by atoms with van der Waals surface area (Å²) < 4.78 is 10.2. The minimum atomic E-state index is -0.326. The van der Waals surface area contributed by atoms with E-state index in [0.717, 1.165) is 12.8 Å². The molecule has 0 aliphatic carbocycles. The molecule has 0 saturated carbocycles. The van der Waals surface area contributed by atoms with E-state index in [1.165, 1.54) is 7.11 Å². The third-order valence-corrected chi connectivity index (χ3v) is 2.94. The third kappa shape index (κ3) is 4.64. The predicted molar refractivity (Wildman–Crippen MR) is 67.0 cm³/mol. The Morgan fingerprint density at radius 1 is 1.33 bits per heavy atom. The van der Waals surface area contributed by atoms with Crippen molar-refractivity contribution in [3.8, 4) is 0 Å². The Bertz CT molecular complexity index is 309. The van der Waals surface area contributed by atoms with Crippen molar-refractivity contribution in [3.05, 3.63) is 0 Å². The number of esters is 1. The second-order valence-electron chi connectivity index (χ2n) is 5.60. The average molecular weight is 257 g/mol. The molecule has 0 aromatic heterocycles. The molecule has 104 valence electrons. The fourth-order valence-electron chi connectivity index (χ4n) is 1.93. The molecule has 1 unspecified atom stereocenters. The lowest BCUT2D eigenvalue weighted by atomic mass is 9.98. The Hall–Kier alpha value is -1.10. The first-order valence-corrected chi connectivity index (χ1v) is 6.33. The number of hydrogen-bond donors (Lipinski definition) is 0. The molecule has 1 atom stereocenters. The molecule has 1 rings (SSSR count). The van der Waals surface area contributed by atoms with Gasteiger partial charge in [-0.1, -0.05) is 0 Å². The number of methoxy groups -OCH3 is 1. The number of nitrogens with zero attached hydrogens (tertiary/aromatic N) is 1. The van der Waals surface area contributed by atoms with Crippen LogP contribution in [0.5, 0.6) is 0 Å². The molecule has 1 saturated heterocycles. The van der Waals surface area contributed by atoms with Crippen LogP contribution in [0.25, 0.3) is 0 Å². The van der Waals surface area contributed by atoms with E-state index >= 15 is 0 Å². The molecule has 5 nitrogen and oxygen atoms in total. The molecule has 1 aliphatic heterocycles. The monoisotopic (exact) mass is 257 g/mol. The summed E-state index contributed by atoms with van der Waals surface area (Å²) in [5.41, 5.74) is -0.326. The summed E-state index contributed by atoms with van der Waals surface area (Å²) in [5.74, 6) is -0.481. The number of likely N-dealkylation sites (tertiary alicyclic amines) is 1. The largest absolute Gasteiger partial charge is 0.469 e. The standard InChI is InChI=1S/C13H23NO4/c1-13(2,3)18-9-11(15)14-7-5-6-10(8-14)12(16)17-4/h10H,5-9H2,1-4H3. The van der Waals surface area contributed by atoms with Crippen LogP contribution < -0.4 is 0 Å². The van der Waals surface area contributed by atoms with Gasteiger partial charge in [0.15, 0.2) is 0 Å². The molecular formula is C13H23NO4. The van der Waals surface area contributed by atoms with Crippen molar-refractivity contribution in [3.63, 3.8) is 0 Å². The van der Waals surface area contributed by atoms with Gasteiger partial charge in [0.25, 0.3) is 0 Å². The summed E-state index contributed by atoms with van der Waals surface area (Å²) >= 11 is 0. The van der Waals surface area contributed by atoms with Crippen molar-refractivity contribution in [1.82, 2.24) is 4.90 Å². The quantitative estimate of drug-likeness (QED) is 0.713. The van der Waals surface area contributed by atoms with Gasteiger partial charge in [-0.3, -0.25) is 9.59 Å². The second-order valence-corrected chi connectivity index (χ2v) is 5.60. The lowest BCUT2D eigenvalue weighted by molar-refractivity contribution is -0.151. The topological polar surface area (TPSA) is 55.8 Å². The first-order valence-electron chi connectivity index (χ1n) is 6.33. The number of piperidine rings is 1. The SMILES string of the molecule is COC(=O)C1CCCN(C(=O)COC(C)(C)C)C1. The highest BCUT2D eigenvalue weighted by Crippen LogP contribution is 2.18. The number of carbonyl (C=O) groups is 2. The molecule has 5 heteroatoms. The van der Waals surface area contributed by atoms with Crippen molar-refractivity contribution in [2.24, 2.45) is 5.92 Å². The maximum Gasteiger partial charge on any atom is 0.310 e. The summed E-state index contributed by atoms with van der Waals surface area (Å²) in [6.07, 6.45) is 1.62. The van der Waals surface area contributed by atoms with Gasteiger partial charge in [-0.25, -0.2) is 0 Å². The van der Waals surface area contributed by atoms with Crippen LogP contribution in [0.4, 0.5) is 0 Å². The number of ether oxygens (including phenoxy) is 2. The normalized spacial score (nSPS) is 20.7. The molecule has 0 aromatic rings. The Morgan fingerprint density at radius 3 is 2.56 bits per heavy atom. The summed E-state index contributed by atoms with van der Waals surface area (Å²) in [5, 5.41) is 0. The van der Waals surface area contributed by atoms with E-state index < -0.39 is 0 Å². The van der Waals surface area contributed by atoms with Crippen LogP contribution in [-0.2, 0) is 19.1 Å². The van der Waals surface area contributed by atoms with Crippen molar-refractivity contribution < 1.29 is 19.1 Å². The van der Waals surface area contributed by atoms with E-state index in [4.69, 9.17) is 9.47 Å². The van der Waals surface area contributed by atoms with E-state index in [9.17, 15) is 9.59 Å². The fourth-order valence-corrected chi connectivity index (χ4v) is 1.93. The van der Waals surface area contributed by atoms with Gasteiger partial charge >= 0.3 is 5.97 Å². The number of amides is 1. The molecule has 0 radical (unpaired) electrons. The fraction of sp³-hybridized carbons (Fsp3) is 0.846. The van der Waals surface area contributed by atoms with E-state index in [1.807, 2.05) is 20.8 Å². The van der Waals surface area contributed by atoms with Crippen LogP contribution in [0.15, 0.2) is 0 Å². The van der Waals surface area contributed by atoms with E-state index in [0.29, 0.717) is 13.1 Å². The number of hydrogen-bond acceptors (Lipinski definition) is 4. The van der Waals surface area contributed by atoms with Crippen molar-refractivity contribution in [2.45, 2.75) is 39.2 Å². The van der Waals surface area contributed by atoms with Gasteiger partial charge in [-0.2, -0.15) is 0 Å². The highest BCUT2D eigenvalue weighted by molar-refractivity contribution is 5.79. The van der Waals surface area contributed by atoms with Crippen LogP contribution in [-0.4, -0.2) is 49.2 Å². The molecule has 1 aliphatic rings. The average Bonchev–Trinajstić information content (AvgIpc) is 2.34. The summed E-state index contributed by atoms with van der Waals surface area (Å²) in [7, 11) is 1.38. The van der Waals surface area contributed by atoms with Gasteiger partial charge in [0.05, 0.1) is 18.6 Å². The zero-order chi connectivity index (χ0) is 13.8.